The van der Waals surface area contributed by atoms with Crippen molar-refractivity contribution in [2.45, 2.75) is 31.8 Å². The summed E-state index contributed by atoms with van der Waals surface area (Å²) in [6.07, 6.45) is 5.30. The molecule has 1 amide bonds. The van der Waals surface area contributed by atoms with Crippen LogP contribution in [0.5, 0.6) is 0 Å². The molecule has 0 saturated carbocycles. The molecule has 3 fully saturated rings. The van der Waals surface area contributed by atoms with Gasteiger partial charge in [0.25, 0.3) is 5.56 Å². The maximum atomic E-state index is 13.0. The Labute approximate surface area is 162 Å². The number of fused-ring (bicyclic) bond motifs is 4. The number of hydrogen-bond acceptors (Lipinski definition) is 5. The smallest absolute Gasteiger partial charge is 0.328 e. The number of aromatic nitrogens is 3. The highest BCUT2D eigenvalue weighted by Crippen LogP contribution is 2.29. The van der Waals surface area contributed by atoms with Crippen LogP contribution in [0.1, 0.15) is 24.1 Å². The zero-order valence-corrected chi connectivity index (χ0v) is 16.0. The van der Waals surface area contributed by atoms with Crippen molar-refractivity contribution < 1.29 is 4.79 Å². The summed E-state index contributed by atoms with van der Waals surface area (Å²) in [4.78, 5) is 48.0. The van der Waals surface area contributed by atoms with Gasteiger partial charge >= 0.3 is 5.69 Å². The van der Waals surface area contributed by atoms with Crippen LogP contribution >= 0.6 is 0 Å². The molecule has 0 spiro atoms. The van der Waals surface area contributed by atoms with Gasteiger partial charge < -0.3 is 9.88 Å². The second-order valence-corrected chi connectivity index (χ2v) is 7.82. The van der Waals surface area contributed by atoms with E-state index in [1.54, 1.807) is 0 Å². The summed E-state index contributed by atoms with van der Waals surface area (Å²) in [6, 6.07) is 6.09. The summed E-state index contributed by atoms with van der Waals surface area (Å²) < 4.78 is 1.01. The Kier molecular flexibility index (Phi) is 5.13. The molecule has 0 aromatic carbocycles. The van der Waals surface area contributed by atoms with Crippen molar-refractivity contribution in [1.29, 1.82) is 0 Å². The summed E-state index contributed by atoms with van der Waals surface area (Å²) in [5, 5.41) is 0. The molecule has 0 unspecified atom stereocenters. The van der Waals surface area contributed by atoms with Crippen molar-refractivity contribution in [3.8, 4) is 0 Å². The highest BCUT2D eigenvalue weighted by Gasteiger charge is 2.37. The number of carbonyl (C=O) groups is 1. The largest absolute Gasteiger partial charge is 0.338 e. The molecule has 2 bridgehead atoms. The maximum Gasteiger partial charge on any atom is 0.328 e. The normalized spacial score (nSPS) is 22.2. The number of piperidine rings is 1. The fourth-order valence-electron chi connectivity index (χ4n) is 4.34. The van der Waals surface area contributed by atoms with E-state index in [0.717, 1.165) is 49.3 Å². The lowest BCUT2D eigenvalue weighted by Crippen LogP contribution is -2.48. The van der Waals surface area contributed by atoms with Gasteiger partial charge in [-0.15, -0.1) is 0 Å². The van der Waals surface area contributed by atoms with Crippen LogP contribution in [0, 0.1) is 5.92 Å². The van der Waals surface area contributed by atoms with Gasteiger partial charge in [0.1, 0.15) is 0 Å². The van der Waals surface area contributed by atoms with Crippen molar-refractivity contribution in [3.05, 3.63) is 62.7 Å². The van der Waals surface area contributed by atoms with Gasteiger partial charge in [0.15, 0.2) is 0 Å². The molecule has 8 heteroatoms. The minimum Gasteiger partial charge on any atom is -0.338 e. The molecule has 3 aliphatic rings. The number of H-pyrrole nitrogens is 1. The molecule has 0 radical (unpaired) electrons. The Morgan fingerprint density at radius 2 is 2.07 bits per heavy atom. The summed E-state index contributed by atoms with van der Waals surface area (Å²) in [6.45, 7) is 3.29. The lowest BCUT2D eigenvalue weighted by Gasteiger charge is -2.36. The van der Waals surface area contributed by atoms with Gasteiger partial charge in [-0.3, -0.25) is 24.0 Å². The molecule has 2 atom stereocenters. The van der Waals surface area contributed by atoms with E-state index >= 15 is 0 Å². The molecule has 2 aromatic heterocycles. The molecule has 3 aliphatic heterocycles. The predicted octanol–water partition coefficient (Wildman–Crippen LogP) is 0.134. The third-order valence-corrected chi connectivity index (χ3v) is 5.82. The molecule has 2 aromatic rings. The molecule has 28 heavy (non-hydrogen) atoms. The lowest BCUT2D eigenvalue weighted by atomic mass is 9.94. The number of rotatable bonds is 4. The van der Waals surface area contributed by atoms with Crippen LogP contribution in [-0.2, 0) is 24.8 Å². The summed E-state index contributed by atoms with van der Waals surface area (Å²) in [7, 11) is 1.42. The van der Waals surface area contributed by atoms with Gasteiger partial charge in [-0.2, -0.15) is 0 Å². The topological polar surface area (TPSA) is 91.3 Å². The number of nitrogens with zero attached hydrogens (tertiary/aromatic N) is 4. The second-order valence-electron chi connectivity index (χ2n) is 7.82. The fraction of sp³-hybridized carbons (Fsp3) is 0.500. The number of carbonyl (C=O) groups excluding carboxylic acids is 1. The highest BCUT2D eigenvalue weighted by molar-refractivity contribution is 5.79. The van der Waals surface area contributed by atoms with Gasteiger partial charge in [0, 0.05) is 57.2 Å². The Morgan fingerprint density at radius 1 is 1.21 bits per heavy atom. The predicted molar refractivity (Wildman–Crippen MR) is 104 cm³/mol. The first-order valence-corrected chi connectivity index (χ1v) is 9.70. The van der Waals surface area contributed by atoms with Crippen molar-refractivity contribution in [3.63, 3.8) is 0 Å². The second kappa shape index (κ2) is 7.71. The van der Waals surface area contributed by atoms with Crippen LogP contribution in [0.25, 0.3) is 0 Å². The highest BCUT2D eigenvalue weighted by atomic mass is 16.2. The monoisotopic (exact) mass is 383 g/mol. The van der Waals surface area contributed by atoms with E-state index in [0.29, 0.717) is 11.5 Å². The zero-order chi connectivity index (χ0) is 19.7. The molecule has 8 nitrogen and oxygen atoms in total. The van der Waals surface area contributed by atoms with Gasteiger partial charge in [0.05, 0.1) is 12.1 Å². The number of hydrogen-bond donors (Lipinski definition) is 1. The van der Waals surface area contributed by atoms with Crippen LogP contribution < -0.4 is 11.2 Å². The maximum absolute atomic E-state index is 13.0. The molecule has 5 rings (SSSR count). The van der Waals surface area contributed by atoms with Crippen molar-refractivity contribution in [2.75, 3.05) is 19.6 Å². The average molecular weight is 383 g/mol. The Hall–Kier alpha value is -2.74. The molecule has 5 heterocycles. The Morgan fingerprint density at radius 3 is 2.86 bits per heavy atom. The number of amides is 1. The Balaban J connectivity index is 1.47. The fourth-order valence-corrected chi connectivity index (χ4v) is 4.34. The zero-order valence-electron chi connectivity index (χ0n) is 16.0. The van der Waals surface area contributed by atoms with Crippen LogP contribution in [0.4, 0.5) is 0 Å². The Bertz CT molecular complexity index is 968. The number of aromatic amines is 1. The molecule has 1 N–H and O–H groups in total. The quantitative estimate of drug-likeness (QED) is 0.811. The molecular weight excluding hydrogens is 358 g/mol. The number of nitrogens with one attached hydrogen (secondary N) is 1. The van der Waals surface area contributed by atoms with Crippen molar-refractivity contribution in [1.82, 2.24) is 24.3 Å². The first-order chi connectivity index (χ1) is 13.5. The first kappa shape index (κ1) is 18.6. The average Bonchev–Trinajstić information content (AvgIpc) is 3.00. The molecule has 3 saturated heterocycles. The van der Waals surface area contributed by atoms with Gasteiger partial charge in [0.2, 0.25) is 5.91 Å². The van der Waals surface area contributed by atoms with E-state index in [4.69, 9.17) is 0 Å². The van der Waals surface area contributed by atoms with E-state index in [1.807, 2.05) is 29.3 Å². The molecular formula is C20H25N5O3. The van der Waals surface area contributed by atoms with Crippen LogP contribution in [0.2, 0.25) is 0 Å². The van der Waals surface area contributed by atoms with E-state index in [9.17, 15) is 14.4 Å². The van der Waals surface area contributed by atoms with E-state index < -0.39 is 11.2 Å². The summed E-state index contributed by atoms with van der Waals surface area (Å²) in [5.74, 6) is 0.392. The molecule has 0 aliphatic carbocycles. The van der Waals surface area contributed by atoms with E-state index in [-0.39, 0.29) is 18.4 Å². The van der Waals surface area contributed by atoms with Crippen LogP contribution in [0.3, 0.4) is 0 Å². The molecule has 148 valence electrons. The van der Waals surface area contributed by atoms with Crippen LogP contribution in [0.15, 0.2) is 40.2 Å². The lowest BCUT2D eigenvalue weighted by molar-refractivity contribution is -0.134. The first-order valence-electron chi connectivity index (χ1n) is 9.70. The van der Waals surface area contributed by atoms with Gasteiger partial charge in [-0.25, -0.2) is 4.79 Å². The third kappa shape index (κ3) is 3.77. The van der Waals surface area contributed by atoms with Gasteiger partial charge in [-0.05, 0) is 30.9 Å². The van der Waals surface area contributed by atoms with Gasteiger partial charge in [-0.1, -0.05) is 6.07 Å². The van der Waals surface area contributed by atoms with E-state index in [1.165, 1.54) is 13.2 Å². The summed E-state index contributed by atoms with van der Waals surface area (Å²) >= 11 is 0. The third-order valence-electron chi connectivity index (χ3n) is 5.82. The minimum absolute atomic E-state index is 0.0207. The van der Waals surface area contributed by atoms with E-state index in [2.05, 4.69) is 14.9 Å². The summed E-state index contributed by atoms with van der Waals surface area (Å²) in [5.41, 5.74) is 0.491. The SMILES string of the molecule is Cn1c(=O)[nH]cc(CC(=O)N2C[C@H]3CC[C@@H]2CN(Cc2ccccn2)C3)c1=O. The standard InChI is InChI=1S/C20H25N5O3/c1-23-19(27)15(9-22-20(23)28)8-18(26)25-11-14-5-6-17(25)13-24(10-14)12-16-4-2-3-7-21-16/h2-4,7,9,14,17H,5-6,8,10-13H2,1H3,(H,22,28)/t14-,17+/m0/s1. The number of pyridine rings is 1. The van der Waals surface area contributed by atoms with Crippen molar-refractivity contribution >= 4 is 5.91 Å². The minimum atomic E-state index is -0.472. The van der Waals surface area contributed by atoms with Crippen molar-refractivity contribution in [2.24, 2.45) is 13.0 Å². The van der Waals surface area contributed by atoms with Crippen LogP contribution in [-0.4, -0.2) is 55.9 Å².